The first-order chi connectivity index (χ1) is 12.3. The number of aliphatic carboxylic acids is 2. The van der Waals surface area contributed by atoms with Gasteiger partial charge >= 0.3 is 11.9 Å². The molecule has 0 spiro atoms. The van der Waals surface area contributed by atoms with E-state index in [9.17, 15) is 0 Å². The van der Waals surface area contributed by atoms with Crippen molar-refractivity contribution in [2.24, 2.45) is 0 Å². The van der Waals surface area contributed by atoms with Gasteiger partial charge in [0.15, 0.2) is 0 Å². The van der Waals surface area contributed by atoms with Crippen molar-refractivity contribution >= 4 is 11.9 Å². The molecule has 0 aliphatic heterocycles. The van der Waals surface area contributed by atoms with Crippen LogP contribution in [0.5, 0.6) is 5.75 Å². The molecule has 6 nitrogen and oxygen atoms in total. The summed E-state index contributed by atoms with van der Waals surface area (Å²) in [5.74, 6) is -2.71. The molecule has 1 atom stereocenters. The van der Waals surface area contributed by atoms with Crippen LogP contribution in [0.1, 0.15) is 23.7 Å². The molecular formula is C20H25NO5. The standard InChI is InChI=1S/C18H23NO.C2H2O4/c1-15-9-11-17(12-10-15)20-18(13-14-19(2)3)16-7-5-4-6-8-16;3-1(4)2(5)6/h4-12,18H,13-14H2,1-3H3;(H,3,4)(H,5,6). The van der Waals surface area contributed by atoms with Gasteiger partial charge < -0.3 is 19.8 Å². The summed E-state index contributed by atoms with van der Waals surface area (Å²) in [6.07, 6.45) is 1.08. The molecule has 140 valence electrons. The second kappa shape index (κ2) is 10.9. The molecule has 2 rings (SSSR count). The van der Waals surface area contributed by atoms with Gasteiger partial charge in [0.25, 0.3) is 0 Å². The number of aryl methyl sites for hydroxylation is 1. The molecule has 0 fully saturated rings. The van der Waals surface area contributed by atoms with Gasteiger partial charge in [-0.1, -0.05) is 48.0 Å². The van der Waals surface area contributed by atoms with Crippen molar-refractivity contribution in [1.29, 1.82) is 0 Å². The third-order valence-electron chi connectivity index (χ3n) is 3.49. The monoisotopic (exact) mass is 359 g/mol. The lowest BCUT2D eigenvalue weighted by molar-refractivity contribution is -0.159. The van der Waals surface area contributed by atoms with Crippen LogP contribution in [0, 0.1) is 6.92 Å². The average Bonchev–Trinajstić information content (AvgIpc) is 2.61. The van der Waals surface area contributed by atoms with E-state index >= 15 is 0 Å². The molecule has 1 unspecified atom stereocenters. The quantitative estimate of drug-likeness (QED) is 0.770. The fourth-order valence-electron chi connectivity index (χ4n) is 2.12. The number of benzene rings is 2. The van der Waals surface area contributed by atoms with E-state index in [1.807, 2.05) is 18.2 Å². The molecule has 2 aromatic carbocycles. The van der Waals surface area contributed by atoms with Gasteiger partial charge in [-0.25, -0.2) is 9.59 Å². The average molecular weight is 359 g/mol. The summed E-state index contributed by atoms with van der Waals surface area (Å²) < 4.78 is 6.18. The molecule has 0 bridgehead atoms. The van der Waals surface area contributed by atoms with Crippen LogP contribution in [0.15, 0.2) is 54.6 Å². The summed E-state index contributed by atoms with van der Waals surface area (Å²) >= 11 is 0. The van der Waals surface area contributed by atoms with Crippen molar-refractivity contribution < 1.29 is 24.5 Å². The van der Waals surface area contributed by atoms with Gasteiger partial charge in [0.1, 0.15) is 11.9 Å². The Morgan fingerprint density at radius 3 is 1.96 bits per heavy atom. The Hall–Kier alpha value is -2.86. The zero-order chi connectivity index (χ0) is 19.5. The summed E-state index contributed by atoms with van der Waals surface area (Å²) in [7, 11) is 4.18. The third kappa shape index (κ3) is 8.30. The number of ether oxygens (including phenoxy) is 1. The highest BCUT2D eigenvalue weighted by Gasteiger charge is 2.13. The molecule has 0 aliphatic rings. The molecule has 0 amide bonds. The number of hydrogen-bond donors (Lipinski definition) is 2. The second-order valence-corrected chi connectivity index (χ2v) is 6.03. The Balaban J connectivity index is 0.000000487. The highest BCUT2D eigenvalue weighted by atomic mass is 16.5. The summed E-state index contributed by atoms with van der Waals surface area (Å²) in [5.41, 5.74) is 2.48. The van der Waals surface area contributed by atoms with E-state index in [0.717, 1.165) is 18.7 Å². The molecule has 6 heteroatoms. The Kier molecular flexibility index (Phi) is 8.87. The first-order valence-electron chi connectivity index (χ1n) is 8.18. The number of hydrogen-bond acceptors (Lipinski definition) is 4. The molecule has 2 aromatic rings. The first kappa shape index (κ1) is 21.2. The minimum atomic E-state index is -1.82. The van der Waals surface area contributed by atoms with Crippen LogP contribution in [-0.4, -0.2) is 47.7 Å². The van der Waals surface area contributed by atoms with Gasteiger partial charge in [-0.3, -0.25) is 0 Å². The largest absolute Gasteiger partial charge is 0.486 e. The van der Waals surface area contributed by atoms with E-state index in [-0.39, 0.29) is 6.10 Å². The third-order valence-corrected chi connectivity index (χ3v) is 3.49. The van der Waals surface area contributed by atoms with Gasteiger partial charge in [-0.2, -0.15) is 0 Å². The Morgan fingerprint density at radius 1 is 0.962 bits per heavy atom. The van der Waals surface area contributed by atoms with Crippen LogP contribution in [-0.2, 0) is 9.59 Å². The predicted molar refractivity (Wildman–Crippen MR) is 99.4 cm³/mol. The summed E-state index contributed by atoms with van der Waals surface area (Å²) in [5, 5.41) is 14.8. The summed E-state index contributed by atoms with van der Waals surface area (Å²) in [6, 6.07) is 18.7. The number of carbonyl (C=O) groups is 2. The van der Waals surface area contributed by atoms with E-state index < -0.39 is 11.9 Å². The van der Waals surface area contributed by atoms with Gasteiger partial charge in [-0.15, -0.1) is 0 Å². The predicted octanol–water partition coefficient (Wildman–Crippen LogP) is 3.22. The smallest absolute Gasteiger partial charge is 0.414 e. The highest BCUT2D eigenvalue weighted by Crippen LogP contribution is 2.25. The van der Waals surface area contributed by atoms with Crippen LogP contribution < -0.4 is 4.74 Å². The van der Waals surface area contributed by atoms with Crippen molar-refractivity contribution in [3.05, 3.63) is 65.7 Å². The Morgan fingerprint density at radius 2 is 1.50 bits per heavy atom. The van der Waals surface area contributed by atoms with Crippen molar-refractivity contribution in [3.63, 3.8) is 0 Å². The van der Waals surface area contributed by atoms with Crippen LogP contribution in [0.3, 0.4) is 0 Å². The van der Waals surface area contributed by atoms with Crippen LogP contribution in [0.4, 0.5) is 0 Å². The summed E-state index contributed by atoms with van der Waals surface area (Å²) in [4.78, 5) is 20.4. The first-order valence-corrected chi connectivity index (χ1v) is 8.18. The van der Waals surface area contributed by atoms with Gasteiger partial charge in [-0.05, 0) is 38.7 Å². The maximum Gasteiger partial charge on any atom is 0.414 e. The Bertz CT molecular complexity index is 671. The van der Waals surface area contributed by atoms with Crippen LogP contribution in [0.2, 0.25) is 0 Å². The number of carboxylic acids is 2. The maximum absolute atomic E-state index is 9.10. The van der Waals surface area contributed by atoms with E-state index in [1.54, 1.807) is 0 Å². The van der Waals surface area contributed by atoms with Crippen molar-refractivity contribution in [1.82, 2.24) is 4.90 Å². The second-order valence-electron chi connectivity index (χ2n) is 6.03. The van der Waals surface area contributed by atoms with Crippen molar-refractivity contribution in [2.45, 2.75) is 19.4 Å². The fraction of sp³-hybridized carbons (Fsp3) is 0.300. The molecule has 2 N–H and O–H groups in total. The minimum Gasteiger partial charge on any atom is -0.486 e. The maximum atomic E-state index is 9.10. The zero-order valence-corrected chi connectivity index (χ0v) is 15.3. The molecular weight excluding hydrogens is 334 g/mol. The SMILES string of the molecule is Cc1ccc(OC(CCN(C)C)c2ccccc2)cc1.O=C(O)C(=O)O. The number of nitrogens with zero attached hydrogens (tertiary/aromatic N) is 1. The van der Waals surface area contributed by atoms with E-state index in [4.69, 9.17) is 24.5 Å². The topological polar surface area (TPSA) is 87.1 Å². The Labute approximate surface area is 153 Å². The van der Waals surface area contributed by atoms with E-state index in [0.29, 0.717) is 0 Å². The lowest BCUT2D eigenvalue weighted by Gasteiger charge is -2.21. The fourth-order valence-corrected chi connectivity index (χ4v) is 2.12. The molecule has 0 aromatic heterocycles. The minimum absolute atomic E-state index is 0.0984. The molecule has 0 radical (unpaired) electrons. The molecule has 26 heavy (non-hydrogen) atoms. The molecule has 0 aliphatic carbocycles. The van der Waals surface area contributed by atoms with E-state index in [2.05, 4.69) is 62.3 Å². The van der Waals surface area contributed by atoms with E-state index in [1.165, 1.54) is 11.1 Å². The number of rotatable bonds is 6. The zero-order valence-electron chi connectivity index (χ0n) is 15.3. The van der Waals surface area contributed by atoms with Gasteiger partial charge in [0.2, 0.25) is 0 Å². The van der Waals surface area contributed by atoms with Crippen molar-refractivity contribution in [2.75, 3.05) is 20.6 Å². The summed E-state index contributed by atoms with van der Waals surface area (Å²) in [6.45, 7) is 3.09. The van der Waals surface area contributed by atoms with Gasteiger partial charge in [0.05, 0.1) is 0 Å². The van der Waals surface area contributed by atoms with Crippen molar-refractivity contribution in [3.8, 4) is 5.75 Å². The molecule has 0 heterocycles. The van der Waals surface area contributed by atoms with Crippen LogP contribution >= 0.6 is 0 Å². The molecule has 0 saturated heterocycles. The van der Waals surface area contributed by atoms with Gasteiger partial charge in [0, 0.05) is 13.0 Å². The number of carboxylic acid groups (broad SMARTS) is 2. The lowest BCUT2D eigenvalue weighted by Crippen LogP contribution is -2.18. The lowest BCUT2D eigenvalue weighted by atomic mass is 10.1. The normalized spacial score (nSPS) is 11.2. The van der Waals surface area contributed by atoms with Crippen LogP contribution in [0.25, 0.3) is 0 Å². The molecule has 0 saturated carbocycles. The highest BCUT2D eigenvalue weighted by molar-refractivity contribution is 6.27.